The second kappa shape index (κ2) is 7.04. The van der Waals surface area contributed by atoms with E-state index in [-0.39, 0.29) is 0 Å². The van der Waals surface area contributed by atoms with Crippen LogP contribution in [0.3, 0.4) is 0 Å². The number of ether oxygens (including phenoxy) is 1. The van der Waals surface area contributed by atoms with Crippen LogP contribution in [0.2, 0.25) is 0 Å². The van der Waals surface area contributed by atoms with Crippen molar-refractivity contribution >= 4 is 5.95 Å². The first-order valence-electron chi connectivity index (χ1n) is 7.90. The topological polar surface area (TPSA) is 53.5 Å². The number of nitrogens with one attached hydrogen (secondary N) is 1. The van der Waals surface area contributed by atoms with Crippen molar-refractivity contribution in [2.75, 3.05) is 57.8 Å². The van der Waals surface area contributed by atoms with Crippen molar-refractivity contribution in [2.45, 2.75) is 12.8 Å². The number of hydrogen-bond donors (Lipinski definition) is 1. The normalized spacial score (nSPS) is 21.5. The molecule has 1 N–H and O–H groups in total. The summed E-state index contributed by atoms with van der Waals surface area (Å²) in [5.41, 5.74) is 0. The Labute approximate surface area is 126 Å². The average molecular weight is 291 g/mol. The predicted octanol–water partition coefficient (Wildman–Crippen LogP) is 0.607. The number of methoxy groups -OCH3 is 1. The summed E-state index contributed by atoms with van der Waals surface area (Å²) >= 11 is 0. The lowest BCUT2D eigenvalue weighted by molar-refractivity contribution is 0.196. The van der Waals surface area contributed by atoms with Gasteiger partial charge in [0.05, 0.1) is 7.11 Å². The molecule has 3 heterocycles. The molecule has 1 aromatic rings. The molecule has 0 atom stereocenters. The van der Waals surface area contributed by atoms with Crippen molar-refractivity contribution in [1.29, 1.82) is 0 Å². The van der Waals surface area contributed by atoms with Gasteiger partial charge in [-0.1, -0.05) is 0 Å². The summed E-state index contributed by atoms with van der Waals surface area (Å²) in [5, 5.41) is 3.44. The molecule has 6 heteroatoms. The monoisotopic (exact) mass is 291 g/mol. The van der Waals surface area contributed by atoms with Crippen molar-refractivity contribution in [3.8, 4) is 5.88 Å². The van der Waals surface area contributed by atoms with Gasteiger partial charge in [0.2, 0.25) is 11.8 Å². The highest BCUT2D eigenvalue weighted by Gasteiger charge is 2.22. The van der Waals surface area contributed by atoms with Crippen molar-refractivity contribution in [2.24, 2.45) is 5.92 Å². The molecule has 2 saturated heterocycles. The van der Waals surface area contributed by atoms with Gasteiger partial charge in [-0.15, -0.1) is 0 Å². The van der Waals surface area contributed by atoms with Crippen LogP contribution in [-0.4, -0.2) is 67.8 Å². The van der Waals surface area contributed by atoms with E-state index >= 15 is 0 Å². The third-order valence-electron chi connectivity index (χ3n) is 4.46. The second-order valence-corrected chi connectivity index (χ2v) is 5.88. The molecule has 2 aliphatic rings. The molecule has 3 rings (SSSR count). The number of aromatic nitrogens is 2. The van der Waals surface area contributed by atoms with Crippen LogP contribution in [0.25, 0.3) is 0 Å². The Morgan fingerprint density at radius 1 is 1.24 bits per heavy atom. The summed E-state index contributed by atoms with van der Waals surface area (Å²) < 4.78 is 5.17. The molecule has 2 fully saturated rings. The summed E-state index contributed by atoms with van der Waals surface area (Å²) in [5.74, 6) is 2.29. The van der Waals surface area contributed by atoms with Gasteiger partial charge in [-0.2, -0.15) is 4.98 Å². The standard InChI is InChI=1S/C15H25N5O/c1-21-14-4-7-17-15(18-14)20-10-8-19(9-11-20)12-13-2-5-16-6-3-13/h4,7,13,16H,2-3,5-6,8-12H2,1H3. The molecule has 0 saturated carbocycles. The van der Waals surface area contributed by atoms with Crippen LogP contribution in [-0.2, 0) is 0 Å². The first-order valence-corrected chi connectivity index (χ1v) is 7.90. The Balaban J connectivity index is 1.50. The predicted molar refractivity (Wildman–Crippen MR) is 82.8 cm³/mol. The van der Waals surface area contributed by atoms with Gasteiger partial charge in [0.1, 0.15) is 0 Å². The number of piperazine rings is 1. The van der Waals surface area contributed by atoms with E-state index in [2.05, 4.69) is 25.1 Å². The van der Waals surface area contributed by atoms with Crippen LogP contribution in [0.1, 0.15) is 12.8 Å². The van der Waals surface area contributed by atoms with E-state index in [1.165, 1.54) is 32.5 Å². The van der Waals surface area contributed by atoms with Gasteiger partial charge in [-0.05, 0) is 31.8 Å². The molecule has 2 aliphatic heterocycles. The van der Waals surface area contributed by atoms with Crippen LogP contribution in [0.5, 0.6) is 5.88 Å². The maximum atomic E-state index is 5.17. The Morgan fingerprint density at radius 3 is 2.71 bits per heavy atom. The van der Waals surface area contributed by atoms with Crippen molar-refractivity contribution in [3.05, 3.63) is 12.3 Å². The molecule has 6 nitrogen and oxygen atoms in total. The van der Waals surface area contributed by atoms with E-state index in [1.807, 2.05) is 0 Å². The van der Waals surface area contributed by atoms with Crippen LogP contribution in [0, 0.1) is 5.92 Å². The van der Waals surface area contributed by atoms with Crippen LogP contribution in [0.15, 0.2) is 12.3 Å². The second-order valence-electron chi connectivity index (χ2n) is 5.88. The fraction of sp³-hybridized carbons (Fsp3) is 0.733. The van der Waals surface area contributed by atoms with E-state index < -0.39 is 0 Å². The lowest BCUT2D eigenvalue weighted by Crippen LogP contribution is -2.49. The number of anilines is 1. The van der Waals surface area contributed by atoms with Crippen LogP contribution >= 0.6 is 0 Å². The average Bonchev–Trinajstić information content (AvgIpc) is 2.56. The minimum atomic E-state index is 0.636. The van der Waals surface area contributed by atoms with Gasteiger partial charge in [0.15, 0.2) is 0 Å². The minimum Gasteiger partial charge on any atom is -0.481 e. The van der Waals surface area contributed by atoms with Gasteiger partial charge in [0.25, 0.3) is 0 Å². The van der Waals surface area contributed by atoms with E-state index in [0.29, 0.717) is 5.88 Å². The minimum absolute atomic E-state index is 0.636. The molecule has 0 bridgehead atoms. The summed E-state index contributed by atoms with van der Waals surface area (Å²) in [6.45, 7) is 7.81. The molecule has 0 spiro atoms. The van der Waals surface area contributed by atoms with E-state index in [1.54, 1.807) is 19.4 Å². The summed E-state index contributed by atoms with van der Waals surface area (Å²) in [6, 6.07) is 1.79. The SMILES string of the molecule is COc1ccnc(N2CCN(CC3CCNCC3)CC2)n1. The first-order chi connectivity index (χ1) is 10.3. The Morgan fingerprint density at radius 2 is 2.00 bits per heavy atom. The molecular formula is C15H25N5O. The molecule has 0 amide bonds. The summed E-state index contributed by atoms with van der Waals surface area (Å²) in [4.78, 5) is 13.6. The Bertz CT molecular complexity index is 441. The third kappa shape index (κ3) is 3.83. The van der Waals surface area contributed by atoms with Gasteiger partial charge in [-0.3, -0.25) is 4.90 Å². The highest BCUT2D eigenvalue weighted by molar-refractivity contribution is 5.32. The fourth-order valence-corrected chi connectivity index (χ4v) is 3.16. The van der Waals surface area contributed by atoms with Crippen molar-refractivity contribution in [1.82, 2.24) is 20.2 Å². The lowest BCUT2D eigenvalue weighted by Gasteiger charge is -2.37. The van der Waals surface area contributed by atoms with E-state index in [0.717, 1.165) is 38.0 Å². The maximum absolute atomic E-state index is 5.17. The molecule has 116 valence electrons. The number of piperidine rings is 1. The zero-order chi connectivity index (χ0) is 14.5. The molecule has 0 aliphatic carbocycles. The van der Waals surface area contributed by atoms with Gasteiger partial charge in [-0.25, -0.2) is 4.98 Å². The largest absolute Gasteiger partial charge is 0.481 e. The summed E-state index contributed by atoms with van der Waals surface area (Å²) in [6.07, 6.45) is 4.40. The summed E-state index contributed by atoms with van der Waals surface area (Å²) in [7, 11) is 1.64. The number of hydrogen-bond acceptors (Lipinski definition) is 6. The molecule has 1 aromatic heterocycles. The van der Waals surface area contributed by atoms with E-state index in [9.17, 15) is 0 Å². The van der Waals surface area contributed by atoms with Crippen molar-refractivity contribution < 1.29 is 4.74 Å². The molecule has 0 radical (unpaired) electrons. The third-order valence-corrected chi connectivity index (χ3v) is 4.46. The highest BCUT2D eigenvalue weighted by atomic mass is 16.5. The maximum Gasteiger partial charge on any atom is 0.228 e. The fourth-order valence-electron chi connectivity index (χ4n) is 3.16. The Hall–Kier alpha value is -1.40. The van der Waals surface area contributed by atoms with Gasteiger partial charge >= 0.3 is 0 Å². The quantitative estimate of drug-likeness (QED) is 0.877. The van der Waals surface area contributed by atoms with Crippen LogP contribution < -0.4 is 15.0 Å². The van der Waals surface area contributed by atoms with Crippen molar-refractivity contribution in [3.63, 3.8) is 0 Å². The lowest BCUT2D eigenvalue weighted by atomic mass is 9.97. The molecule has 0 aromatic carbocycles. The van der Waals surface area contributed by atoms with Crippen LogP contribution in [0.4, 0.5) is 5.95 Å². The molecule has 21 heavy (non-hydrogen) atoms. The van der Waals surface area contributed by atoms with Gasteiger partial charge < -0.3 is 15.0 Å². The molecular weight excluding hydrogens is 266 g/mol. The zero-order valence-electron chi connectivity index (χ0n) is 12.8. The zero-order valence-corrected chi connectivity index (χ0v) is 12.8. The Kier molecular flexibility index (Phi) is 4.87. The smallest absolute Gasteiger partial charge is 0.228 e. The molecule has 0 unspecified atom stereocenters. The first kappa shape index (κ1) is 14.5. The highest BCUT2D eigenvalue weighted by Crippen LogP contribution is 2.17. The number of rotatable bonds is 4. The van der Waals surface area contributed by atoms with Gasteiger partial charge in [0, 0.05) is 45.0 Å². The number of nitrogens with zero attached hydrogens (tertiary/aromatic N) is 4. The van der Waals surface area contributed by atoms with E-state index in [4.69, 9.17) is 4.74 Å².